The lowest BCUT2D eigenvalue weighted by Crippen LogP contribution is -2.55. The van der Waals surface area contributed by atoms with Crippen LogP contribution in [0.15, 0.2) is 91.0 Å². The normalized spacial score (nSPS) is 16.7. The molecule has 4 nitrogen and oxygen atoms in total. The summed E-state index contributed by atoms with van der Waals surface area (Å²) in [6.07, 6.45) is 2.13. The number of nitrogens with zero attached hydrogens (tertiary/aromatic N) is 2. The largest absolute Gasteiger partial charge is 0.469 e. The maximum Gasteiger partial charge on any atom is 0.316 e. The lowest BCUT2D eigenvalue weighted by molar-refractivity contribution is -0.510. The molecule has 3 aromatic rings. The number of rotatable bonds is 5. The minimum atomic E-state index is -0.579. The third-order valence-corrected chi connectivity index (χ3v) is 5.80. The molecule has 0 saturated heterocycles. The molecule has 0 radical (unpaired) electrons. The van der Waals surface area contributed by atoms with Gasteiger partial charge >= 0.3 is 5.97 Å². The maximum atomic E-state index is 12.5. The zero-order valence-corrected chi connectivity index (χ0v) is 17.4. The molecular formula is C26H27N2O2+. The summed E-state index contributed by atoms with van der Waals surface area (Å²) < 4.78 is 7.19. The molecule has 0 bridgehead atoms. The monoisotopic (exact) mass is 399 g/mol. The summed E-state index contributed by atoms with van der Waals surface area (Å²) in [5, 5.41) is 0. The SMILES string of the molecule is COC(=O)C1CN(C(c2ccccc2)(c2ccccc2)c2ccccc2)C=[N+](C)C1. The Morgan fingerprint density at radius 2 is 1.30 bits per heavy atom. The van der Waals surface area contributed by atoms with Crippen LogP contribution in [-0.2, 0) is 15.1 Å². The van der Waals surface area contributed by atoms with E-state index in [-0.39, 0.29) is 11.9 Å². The summed E-state index contributed by atoms with van der Waals surface area (Å²) in [7, 11) is 3.47. The second kappa shape index (κ2) is 8.54. The maximum absolute atomic E-state index is 12.5. The first-order chi connectivity index (χ1) is 14.7. The molecule has 0 fully saturated rings. The van der Waals surface area contributed by atoms with Crippen LogP contribution in [0.25, 0.3) is 0 Å². The van der Waals surface area contributed by atoms with Crippen molar-refractivity contribution in [2.45, 2.75) is 5.54 Å². The number of hydrogen-bond acceptors (Lipinski definition) is 3. The molecule has 0 amide bonds. The quantitative estimate of drug-likeness (QED) is 0.372. The van der Waals surface area contributed by atoms with Crippen molar-refractivity contribution in [2.75, 3.05) is 27.2 Å². The Hall–Kier alpha value is -3.40. The van der Waals surface area contributed by atoms with Crippen molar-refractivity contribution in [3.8, 4) is 0 Å². The number of benzene rings is 3. The van der Waals surface area contributed by atoms with Gasteiger partial charge in [-0.25, -0.2) is 4.90 Å². The van der Waals surface area contributed by atoms with E-state index >= 15 is 0 Å². The van der Waals surface area contributed by atoms with E-state index < -0.39 is 5.54 Å². The van der Waals surface area contributed by atoms with E-state index in [4.69, 9.17) is 4.74 Å². The number of ether oxygens (including phenoxy) is 1. The molecule has 1 atom stereocenters. The van der Waals surface area contributed by atoms with Gasteiger partial charge in [-0.3, -0.25) is 9.37 Å². The van der Waals surface area contributed by atoms with Gasteiger partial charge in [0.25, 0.3) is 0 Å². The minimum Gasteiger partial charge on any atom is -0.469 e. The van der Waals surface area contributed by atoms with E-state index in [0.717, 1.165) is 16.7 Å². The summed E-state index contributed by atoms with van der Waals surface area (Å²) >= 11 is 0. The highest BCUT2D eigenvalue weighted by molar-refractivity contribution is 5.74. The van der Waals surface area contributed by atoms with Gasteiger partial charge in [0.05, 0.1) is 14.2 Å². The molecule has 3 aromatic carbocycles. The van der Waals surface area contributed by atoms with Crippen molar-refractivity contribution >= 4 is 12.3 Å². The molecule has 0 N–H and O–H groups in total. The summed E-state index contributed by atoms with van der Waals surface area (Å²) in [5.41, 5.74) is 2.87. The van der Waals surface area contributed by atoms with Crippen LogP contribution in [0.3, 0.4) is 0 Å². The fraction of sp³-hybridized carbons (Fsp3) is 0.231. The summed E-state index contributed by atoms with van der Waals surface area (Å²) in [4.78, 5) is 14.8. The average molecular weight is 400 g/mol. The average Bonchev–Trinajstić information content (AvgIpc) is 2.81. The van der Waals surface area contributed by atoms with Crippen molar-refractivity contribution in [3.05, 3.63) is 108 Å². The van der Waals surface area contributed by atoms with Crippen LogP contribution in [0.1, 0.15) is 16.7 Å². The fourth-order valence-electron chi connectivity index (χ4n) is 4.55. The lowest BCUT2D eigenvalue weighted by atomic mass is 9.75. The predicted molar refractivity (Wildman–Crippen MR) is 119 cm³/mol. The van der Waals surface area contributed by atoms with Crippen molar-refractivity contribution in [3.63, 3.8) is 0 Å². The summed E-state index contributed by atoms with van der Waals surface area (Å²) in [5.74, 6) is -0.413. The zero-order valence-electron chi connectivity index (χ0n) is 17.4. The Morgan fingerprint density at radius 3 is 1.70 bits per heavy atom. The van der Waals surface area contributed by atoms with Crippen LogP contribution in [0.4, 0.5) is 0 Å². The summed E-state index contributed by atoms with van der Waals surface area (Å²) in [6, 6.07) is 31.5. The highest BCUT2D eigenvalue weighted by Gasteiger charge is 2.49. The van der Waals surface area contributed by atoms with Gasteiger partial charge < -0.3 is 4.74 Å². The second-order valence-electron chi connectivity index (χ2n) is 7.74. The molecular weight excluding hydrogens is 372 g/mol. The molecule has 4 rings (SSSR count). The van der Waals surface area contributed by atoms with Crippen LogP contribution in [-0.4, -0.2) is 49.0 Å². The first kappa shape index (κ1) is 19.9. The van der Waals surface area contributed by atoms with Gasteiger partial charge in [-0.1, -0.05) is 91.0 Å². The Kier molecular flexibility index (Phi) is 5.66. The number of carbonyl (C=O) groups excluding carboxylic acids is 1. The Morgan fingerprint density at radius 1 is 0.867 bits per heavy atom. The van der Waals surface area contributed by atoms with Crippen LogP contribution in [0.5, 0.6) is 0 Å². The highest BCUT2D eigenvalue weighted by atomic mass is 16.5. The molecule has 1 aliphatic rings. The van der Waals surface area contributed by atoms with Crippen molar-refractivity contribution in [1.29, 1.82) is 0 Å². The number of methoxy groups -OCH3 is 1. The third kappa shape index (κ3) is 3.50. The first-order valence-corrected chi connectivity index (χ1v) is 10.2. The standard InChI is InChI=1S/C26H27N2O2/c1-27-18-21(25(29)30-2)19-28(20-27)26(22-12-6-3-7-13-22,23-14-8-4-9-15-23)24-16-10-5-11-17-24/h3-17,20-21H,18-19H2,1-2H3/q+1. The highest BCUT2D eigenvalue weighted by Crippen LogP contribution is 2.42. The van der Waals surface area contributed by atoms with Gasteiger partial charge in [-0.15, -0.1) is 0 Å². The van der Waals surface area contributed by atoms with E-state index in [9.17, 15) is 4.79 Å². The molecule has 0 aliphatic carbocycles. The van der Waals surface area contributed by atoms with Gasteiger partial charge in [0.15, 0.2) is 5.54 Å². The zero-order chi connectivity index (χ0) is 21.0. The molecule has 0 aromatic heterocycles. The molecule has 0 saturated carbocycles. The molecule has 1 unspecified atom stereocenters. The molecule has 4 heteroatoms. The van der Waals surface area contributed by atoms with Gasteiger partial charge in [0, 0.05) is 16.7 Å². The van der Waals surface area contributed by atoms with E-state index in [0.29, 0.717) is 13.1 Å². The van der Waals surface area contributed by atoms with Crippen molar-refractivity contribution < 1.29 is 14.1 Å². The smallest absolute Gasteiger partial charge is 0.316 e. The van der Waals surface area contributed by atoms with Crippen LogP contribution < -0.4 is 0 Å². The van der Waals surface area contributed by atoms with E-state index in [1.165, 1.54) is 7.11 Å². The van der Waals surface area contributed by atoms with Crippen molar-refractivity contribution in [1.82, 2.24) is 4.90 Å². The number of carbonyl (C=O) groups is 1. The molecule has 1 heterocycles. The van der Waals surface area contributed by atoms with E-state index in [1.807, 2.05) is 25.2 Å². The Bertz CT molecular complexity index is 920. The molecule has 30 heavy (non-hydrogen) atoms. The lowest BCUT2D eigenvalue weighted by Gasteiger charge is -2.42. The number of esters is 1. The number of hydrogen-bond donors (Lipinski definition) is 0. The third-order valence-electron chi connectivity index (χ3n) is 5.80. The predicted octanol–water partition coefficient (Wildman–Crippen LogP) is 3.75. The Balaban J connectivity index is 2.00. The van der Waals surface area contributed by atoms with E-state index in [2.05, 4.69) is 88.6 Å². The first-order valence-electron chi connectivity index (χ1n) is 10.2. The van der Waals surface area contributed by atoms with Gasteiger partial charge in [0.2, 0.25) is 6.34 Å². The van der Waals surface area contributed by atoms with Crippen LogP contribution in [0, 0.1) is 5.92 Å². The van der Waals surface area contributed by atoms with Gasteiger partial charge in [0.1, 0.15) is 19.0 Å². The van der Waals surface area contributed by atoms with E-state index in [1.54, 1.807) is 0 Å². The summed E-state index contributed by atoms with van der Waals surface area (Å²) in [6.45, 7) is 1.20. The van der Waals surface area contributed by atoms with Gasteiger partial charge in [-0.2, -0.15) is 0 Å². The molecule has 152 valence electrons. The van der Waals surface area contributed by atoms with Crippen LogP contribution in [0.2, 0.25) is 0 Å². The van der Waals surface area contributed by atoms with Crippen molar-refractivity contribution in [2.24, 2.45) is 5.92 Å². The van der Waals surface area contributed by atoms with Gasteiger partial charge in [-0.05, 0) is 0 Å². The fourth-order valence-corrected chi connectivity index (χ4v) is 4.55. The Labute approximate surface area is 178 Å². The molecule has 0 spiro atoms. The van der Waals surface area contributed by atoms with Crippen LogP contribution >= 0.6 is 0 Å². The minimum absolute atomic E-state index is 0.178. The topological polar surface area (TPSA) is 32.5 Å². The molecule has 1 aliphatic heterocycles. The second-order valence-corrected chi connectivity index (χ2v) is 7.74.